The Hall–Kier alpha value is -3.45. The molecule has 3 aromatic rings. The number of benzene rings is 2. The number of carbonyl (C=O) groups excluding carboxylic acids is 1. The van der Waals surface area contributed by atoms with Crippen LogP contribution in [0.5, 0.6) is 23.0 Å². The van der Waals surface area contributed by atoms with Gasteiger partial charge in [0.2, 0.25) is 5.75 Å². The molecule has 1 aliphatic rings. The fraction of sp³-hybridized carbons (Fsp3) is 0.370. The fourth-order valence-corrected chi connectivity index (χ4v) is 4.31. The van der Waals surface area contributed by atoms with Gasteiger partial charge in [-0.05, 0) is 55.8 Å². The second-order valence-electron chi connectivity index (χ2n) is 8.16. The summed E-state index contributed by atoms with van der Waals surface area (Å²) in [5.41, 5.74) is 1.68. The first-order chi connectivity index (χ1) is 16.7. The molecular formula is C27H31NO6. The van der Waals surface area contributed by atoms with Gasteiger partial charge in [0.1, 0.15) is 23.7 Å². The highest BCUT2D eigenvalue weighted by atomic mass is 16.5. The fourth-order valence-electron chi connectivity index (χ4n) is 4.31. The van der Waals surface area contributed by atoms with E-state index in [9.17, 15) is 4.79 Å². The summed E-state index contributed by atoms with van der Waals surface area (Å²) in [7, 11) is 4.70. The van der Waals surface area contributed by atoms with E-state index >= 15 is 0 Å². The molecule has 0 unspecified atom stereocenters. The zero-order chi connectivity index (χ0) is 23.9. The van der Waals surface area contributed by atoms with E-state index in [0.717, 1.165) is 30.9 Å². The van der Waals surface area contributed by atoms with Gasteiger partial charge in [-0.25, -0.2) is 0 Å². The number of fused-ring (bicyclic) bond motifs is 1. The third-order valence-corrected chi connectivity index (χ3v) is 6.08. The molecular weight excluding hydrogens is 434 g/mol. The van der Waals surface area contributed by atoms with Crippen molar-refractivity contribution in [3.63, 3.8) is 0 Å². The second kappa shape index (κ2) is 11.1. The first kappa shape index (κ1) is 23.7. The van der Waals surface area contributed by atoms with Crippen molar-refractivity contribution in [2.75, 3.05) is 47.6 Å². The number of ether oxygens (including phenoxy) is 4. The lowest BCUT2D eigenvalue weighted by Gasteiger charge is -2.26. The highest BCUT2D eigenvalue weighted by Gasteiger charge is 2.28. The molecule has 0 amide bonds. The highest BCUT2D eigenvalue weighted by Crippen LogP contribution is 2.46. The number of methoxy groups -OCH3 is 3. The average molecular weight is 466 g/mol. The molecule has 0 bridgehead atoms. The Bertz CT molecular complexity index is 1140. The minimum atomic E-state index is -0.248. The van der Waals surface area contributed by atoms with E-state index < -0.39 is 0 Å². The van der Waals surface area contributed by atoms with Crippen LogP contribution in [0.3, 0.4) is 0 Å². The van der Waals surface area contributed by atoms with Crippen LogP contribution in [0.1, 0.15) is 35.2 Å². The Morgan fingerprint density at radius 3 is 2.35 bits per heavy atom. The van der Waals surface area contributed by atoms with Gasteiger partial charge >= 0.3 is 0 Å². The van der Waals surface area contributed by atoms with Gasteiger partial charge < -0.3 is 23.4 Å². The molecule has 1 fully saturated rings. The minimum absolute atomic E-state index is 0.248. The quantitative estimate of drug-likeness (QED) is 0.300. The molecule has 1 aliphatic heterocycles. The number of nitrogens with zero attached hydrogens (tertiary/aromatic N) is 1. The summed E-state index contributed by atoms with van der Waals surface area (Å²) >= 11 is 0. The Morgan fingerprint density at radius 2 is 1.68 bits per heavy atom. The largest absolute Gasteiger partial charge is 0.497 e. The van der Waals surface area contributed by atoms with Crippen molar-refractivity contribution in [1.29, 1.82) is 0 Å². The van der Waals surface area contributed by atoms with E-state index in [-0.39, 0.29) is 5.78 Å². The van der Waals surface area contributed by atoms with E-state index in [2.05, 4.69) is 4.90 Å². The van der Waals surface area contributed by atoms with Gasteiger partial charge in [-0.2, -0.15) is 0 Å². The molecule has 0 saturated carbocycles. The maximum Gasteiger partial charge on any atom is 0.205 e. The van der Waals surface area contributed by atoms with E-state index in [1.807, 2.05) is 24.3 Å². The average Bonchev–Trinajstić information content (AvgIpc) is 3.37. The summed E-state index contributed by atoms with van der Waals surface area (Å²) in [5, 5.41) is 0.656. The van der Waals surface area contributed by atoms with Gasteiger partial charge in [0, 0.05) is 6.54 Å². The van der Waals surface area contributed by atoms with Crippen LogP contribution in [0, 0.1) is 0 Å². The molecule has 2 aromatic carbocycles. The first-order valence-electron chi connectivity index (χ1n) is 11.5. The third kappa shape index (κ3) is 5.04. The molecule has 1 aromatic heterocycles. The lowest BCUT2D eigenvalue weighted by atomic mass is 10.0. The summed E-state index contributed by atoms with van der Waals surface area (Å²) in [6.45, 7) is 3.33. The molecule has 0 spiro atoms. The molecule has 4 rings (SSSR count). The predicted molar refractivity (Wildman–Crippen MR) is 131 cm³/mol. The topological polar surface area (TPSA) is 70.4 Å². The second-order valence-corrected chi connectivity index (χ2v) is 8.16. The first-order valence-corrected chi connectivity index (χ1v) is 11.5. The molecule has 7 nitrogen and oxygen atoms in total. The van der Waals surface area contributed by atoms with Crippen LogP contribution in [0.2, 0.25) is 0 Å². The summed E-state index contributed by atoms with van der Waals surface area (Å²) in [6, 6.07) is 9.23. The van der Waals surface area contributed by atoms with Crippen molar-refractivity contribution >= 4 is 22.8 Å². The number of hydrogen-bond donors (Lipinski definition) is 0. The van der Waals surface area contributed by atoms with Gasteiger partial charge in [-0.1, -0.05) is 24.6 Å². The monoisotopic (exact) mass is 465 g/mol. The molecule has 0 radical (unpaired) electrons. The molecule has 180 valence electrons. The Kier molecular flexibility index (Phi) is 7.75. The zero-order valence-corrected chi connectivity index (χ0v) is 20.0. The van der Waals surface area contributed by atoms with Gasteiger partial charge in [0.05, 0.1) is 33.0 Å². The summed E-state index contributed by atoms with van der Waals surface area (Å²) < 4.78 is 28.4. The van der Waals surface area contributed by atoms with Crippen LogP contribution < -0.4 is 18.9 Å². The number of rotatable bonds is 10. The third-order valence-electron chi connectivity index (χ3n) is 6.08. The molecule has 2 heterocycles. The Labute approximate surface area is 199 Å². The number of carbonyl (C=O) groups is 1. The SMILES string of the molecule is COc1ccc(/C=C/C(=O)c2c(OCCN3CCCCC3)c(OC)c3occc3c2OC)cc1. The van der Waals surface area contributed by atoms with Crippen LogP contribution in [-0.4, -0.2) is 58.3 Å². The summed E-state index contributed by atoms with van der Waals surface area (Å²) in [6.07, 6.45) is 8.50. The van der Waals surface area contributed by atoms with Crippen molar-refractivity contribution < 1.29 is 28.2 Å². The smallest absolute Gasteiger partial charge is 0.205 e. The molecule has 0 atom stereocenters. The summed E-state index contributed by atoms with van der Waals surface area (Å²) in [4.78, 5) is 15.9. The van der Waals surface area contributed by atoms with E-state index in [1.165, 1.54) is 32.4 Å². The summed E-state index contributed by atoms with van der Waals surface area (Å²) in [5.74, 6) is 1.64. The minimum Gasteiger partial charge on any atom is -0.497 e. The standard InChI is InChI=1S/C27H31NO6/c1-30-20-10-7-19(8-11-20)9-12-22(29)23-24(31-2)21-13-17-33-25(21)27(32-3)26(23)34-18-16-28-14-5-4-6-15-28/h7-13,17H,4-6,14-16,18H2,1-3H3/b12-9+. The molecule has 1 saturated heterocycles. The van der Waals surface area contributed by atoms with Gasteiger partial charge in [0.15, 0.2) is 17.1 Å². The van der Waals surface area contributed by atoms with Crippen LogP contribution in [-0.2, 0) is 0 Å². The predicted octanol–water partition coefficient (Wildman–Crippen LogP) is 5.22. The van der Waals surface area contributed by atoms with Crippen molar-refractivity contribution in [2.45, 2.75) is 19.3 Å². The number of likely N-dealkylation sites (tertiary alicyclic amines) is 1. The van der Waals surface area contributed by atoms with Gasteiger partial charge in [0.25, 0.3) is 0 Å². The van der Waals surface area contributed by atoms with Crippen LogP contribution in [0.25, 0.3) is 17.0 Å². The van der Waals surface area contributed by atoms with E-state index in [1.54, 1.807) is 32.6 Å². The lowest BCUT2D eigenvalue weighted by Crippen LogP contribution is -2.33. The molecule has 0 N–H and O–H groups in total. The Morgan fingerprint density at radius 1 is 0.941 bits per heavy atom. The molecule has 7 heteroatoms. The van der Waals surface area contributed by atoms with Crippen LogP contribution >= 0.6 is 0 Å². The number of furan rings is 1. The van der Waals surface area contributed by atoms with Crippen LogP contribution in [0.15, 0.2) is 47.1 Å². The van der Waals surface area contributed by atoms with E-state index in [0.29, 0.717) is 40.4 Å². The number of piperidine rings is 1. The lowest BCUT2D eigenvalue weighted by molar-refractivity contribution is 0.103. The number of allylic oxidation sites excluding steroid dienone is 1. The maximum atomic E-state index is 13.5. The van der Waals surface area contributed by atoms with Gasteiger partial charge in [-0.3, -0.25) is 9.69 Å². The van der Waals surface area contributed by atoms with Crippen molar-refractivity contribution in [3.05, 3.63) is 53.8 Å². The van der Waals surface area contributed by atoms with Crippen molar-refractivity contribution in [2.24, 2.45) is 0 Å². The molecule has 34 heavy (non-hydrogen) atoms. The number of hydrogen-bond acceptors (Lipinski definition) is 7. The zero-order valence-electron chi connectivity index (χ0n) is 20.0. The van der Waals surface area contributed by atoms with Crippen LogP contribution in [0.4, 0.5) is 0 Å². The highest BCUT2D eigenvalue weighted by molar-refractivity contribution is 6.15. The Balaban J connectivity index is 1.67. The maximum absolute atomic E-state index is 13.5. The van der Waals surface area contributed by atoms with Gasteiger partial charge in [-0.15, -0.1) is 0 Å². The van der Waals surface area contributed by atoms with Crippen molar-refractivity contribution in [3.8, 4) is 23.0 Å². The normalized spacial score (nSPS) is 14.4. The van der Waals surface area contributed by atoms with E-state index in [4.69, 9.17) is 23.4 Å². The van der Waals surface area contributed by atoms with Crippen molar-refractivity contribution in [1.82, 2.24) is 4.90 Å². The number of ketones is 1. The molecule has 0 aliphatic carbocycles.